The number of ether oxygens (including phenoxy) is 2. The second-order valence-electron chi connectivity index (χ2n) is 8.28. The van der Waals surface area contributed by atoms with E-state index in [-0.39, 0.29) is 16.7 Å². The molecular weight excluding hydrogens is 434 g/mol. The van der Waals surface area contributed by atoms with Crippen molar-refractivity contribution in [1.82, 2.24) is 19.3 Å². The van der Waals surface area contributed by atoms with E-state index in [1.807, 2.05) is 26.8 Å². The van der Waals surface area contributed by atoms with E-state index in [1.54, 1.807) is 31.6 Å². The summed E-state index contributed by atoms with van der Waals surface area (Å²) in [4.78, 5) is 34.1. The van der Waals surface area contributed by atoms with Crippen LogP contribution in [0.1, 0.15) is 27.2 Å². The first-order chi connectivity index (χ1) is 15.0. The van der Waals surface area contributed by atoms with Crippen molar-refractivity contribution >= 4 is 29.0 Å². The molecule has 0 aliphatic heterocycles. The van der Waals surface area contributed by atoms with E-state index in [0.29, 0.717) is 42.4 Å². The SMILES string of the molecule is CN(CCCOc1ncc(-c2ccc3ncc(Cl)c(=O)n3c2)cc1N)C(=O)OC(C)(C)C. The summed E-state index contributed by atoms with van der Waals surface area (Å²) in [5, 5.41) is 0.0401. The van der Waals surface area contributed by atoms with Gasteiger partial charge >= 0.3 is 6.09 Å². The fourth-order valence-corrected chi connectivity index (χ4v) is 3.01. The Morgan fingerprint density at radius 1 is 1.22 bits per heavy atom. The number of carbonyl (C=O) groups is 1. The molecule has 1 amide bonds. The Labute approximate surface area is 190 Å². The number of nitrogens with zero attached hydrogens (tertiary/aromatic N) is 4. The van der Waals surface area contributed by atoms with Crippen molar-refractivity contribution < 1.29 is 14.3 Å². The number of carbonyl (C=O) groups excluding carboxylic acids is 1. The highest BCUT2D eigenvalue weighted by Crippen LogP contribution is 2.26. The van der Waals surface area contributed by atoms with Crippen molar-refractivity contribution in [1.29, 1.82) is 0 Å². The average molecular weight is 460 g/mol. The van der Waals surface area contributed by atoms with Gasteiger partial charge in [-0.15, -0.1) is 0 Å². The van der Waals surface area contributed by atoms with Crippen molar-refractivity contribution in [3.63, 3.8) is 0 Å². The third kappa shape index (κ3) is 5.67. The summed E-state index contributed by atoms with van der Waals surface area (Å²) in [6.07, 6.45) is 4.78. The van der Waals surface area contributed by atoms with Gasteiger partial charge in [0, 0.05) is 37.1 Å². The van der Waals surface area contributed by atoms with E-state index in [1.165, 1.54) is 15.5 Å². The highest BCUT2D eigenvalue weighted by Gasteiger charge is 2.19. The molecule has 0 fully saturated rings. The number of amides is 1. The molecule has 10 heteroatoms. The molecule has 0 aliphatic carbocycles. The zero-order valence-electron chi connectivity index (χ0n) is 18.5. The molecule has 0 spiro atoms. The maximum Gasteiger partial charge on any atom is 0.410 e. The highest BCUT2D eigenvalue weighted by atomic mass is 35.5. The van der Waals surface area contributed by atoms with Crippen LogP contribution in [0.2, 0.25) is 5.02 Å². The first-order valence-electron chi connectivity index (χ1n) is 10.0. The number of halogens is 1. The largest absolute Gasteiger partial charge is 0.476 e. The van der Waals surface area contributed by atoms with Crippen LogP contribution >= 0.6 is 11.6 Å². The van der Waals surface area contributed by atoms with Crippen molar-refractivity contribution in [2.75, 3.05) is 25.9 Å². The van der Waals surface area contributed by atoms with Crippen molar-refractivity contribution in [2.45, 2.75) is 32.8 Å². The van der Waals surface area contributed by atoms with E-state index >= 15 is 0 Å². The number of aromatic nitrogens is 3. The molecule has 0 aromatic carbocycles. The molecule has 3 aromatic heterocycles. The Hall–Kier alpha value is -3.33. The summed E-state index contributed by atoms with van der Waals surface area (Å²) in [6, 6.07) is 5.26. The zero-order valence-corrected chi connectivity index (χ0v) is 19.2. The monoisotopic (exact) mass is 459 g/mol. The number of anilines is 1. The van der Waals surface area contributed by atoms with Crippen LogP contribution < -0.4 is 16.0 Å². The second-order valence-corrected chi connectivity index (χ2v) is 8.69. The normalized spacial score (nSPS) is 11.4. The third-order valence-corrected chi connectivity index (χ3v) is 4.71. The van der Waals surface area contributed by atoms with Gasteiger partial charge in [0.25, 0.3) is 5.56 Å². The average Bonchev–Trinajstić information content (AvgIpc) is 2.73. The van der Waals surface area contributed by atoms with Crippen LogP contribution in [-0.4, -0.2) is 51.2 Å². The fourth-order valence-electron chi connectivity index (χ4n) is 2.87. The van der Waals surface area contributed by atoms with Crippen LogP contribution in [0.15, 0.2) is 41.6 Å². The second kappa shape index (κ2) is 9.44. The van der Waals surface area contributed by atoms with E-state index in [2.05, 4.69) is 9.97 Å². The molecule has 170 valence electrons. The summed E-state index contributed by atoms with van der Waals surface area (Å²) in [6.45, 7) is 6.27. The number of fused-ring (bicyclic) bond motifs is 1. The van der Waals surface area contributed by atoms with Gasteiger partial charge in [-0.3, -0.25) is 9.20 Å². The molecule has 0 atom stereocenters. The molecule has 0 unspecified atom stereocenters. The number of hydrogen-bond donors (Lipinski definition) is 1. The summed E-state index contributed by atoms with van der Waals surface area (Å²) < 4.78 is 12.4. The quantitative estimate of drug-likeness (QED) is 0.560. The smallest absolute Gasteiger partial charge is 0.410 e. The van der Waals surface area contributed by atoms with Crippen LogP contribution in [0, 0.1) is 0 Å². The number of nitrogens with two attached hydrogens (primary N) is 1. The molecule has 2 N–H and O–H groups in total. The summed E-state index contributed by atoms with van der Waals surface area (Å²) >= 11 is 5.88. The van der Waals surface area contributed by atoms with E-state index < -0.39 is 5.60 Å². The minimum atomic E-state index is -0.538. The number of pyridine rings is 2. The lowest BCUT2D eigenvalue weighted by molar-refractivity contribution is 0.0292. The molecule has 3 rings (SSSR count). The standard InChI is InChI=1S/C22H26ClN5O4/c1-22(2,3)32-21(30)27(4)8-5-9-31-19-17(24)10-15(11-26-19)14-6-7-18-25-12-16(23)20(29)28(18)13-14/h6-7,10-13H,5,8-9,24H2,1-4H3. The Bertz CT molecular complexity index is 1190. The fraction of sp³-hybridized carbons (Fsp3) is 0.364. The lowest BCUT2D eigenvalue weighted by Gasteiger charge is -2.24. The topological polar surface area (TPSA) is 112 Å². The van der Waals surface area contributed by atoms with Crippen LogP contribution in [-0.2, 0) is 4.74 Å². The molecule has 32 heavy (non-hydrogen) atoms. The maximum atomic E-state index is 12.2. The van der Waals surface area contributed by atoms with Gasteiger partial charge in [0.1, 0.15) is 16.3 Å². The zero-order chi connectivity index (χ0) is 23.5. The van der Waals surface area contributed by atoms with Gasteiger partial charge < -0.3 is 20.1 Å². The van der Waals surface area contributed by atoms with Gasteiger partial charge in [0.05, 0.1) is 18.5 Å². The van der Waals surface area contributed by atoms with Crippen molar-refractivity contribution in [3.8, 4) is 17.0 Å². The molecule has 0 aliphatic rings. The molecule has 0 saturated heterocycles. The minimum absolute atomic E-state index is 0.0401. The van der Waals surface area contributed by atoms with Crippen LogP contribution in [0.25, 0.3) is 16.8 Å². The van der Waals surface area contributed by atoms with Crippen molar-refractivity contribution in [2.24, 2.45) is 0 Å². The lowest BCUT2D eigenvalue weighted by Crippen LogP contribution is -2.35. The number of nitrogen functional groups attached to an aromatic ring is 1. The predicted molar refractivity (Wildman–Crippen MR) is 123 cm³/mol. The number of rotatable bonds is 6. The molecule has 0 saturated carbocycles. The number of hydrogen-bond acceptors (Lipinski definition) is 7. The van der Waals surface area contributed by atoms with Crippen molar-refractivity contribution in [3.05, 3.63) is 52.2 Å². The Balaban J connectivity index is 1.62. The first-order valence-corrected chi connectivity index (χ1v) is 10.4. The van der Waals surface area contributed by atoms with Crippen LogP contribution in [0.3, 0.4) is 0 Å². The lowest BCUT2D eigenvalue weighted by atomic mass is 10.1. The van der Waals surface area contributed by atoms with E-state index in [9.17, 15) is 9.59 Å². The molecular formula is C22H26ClN5O4. The molecule has 0 radical (unpaired) electrons. The predicted octanol–water partition coefficient (Wildman–Crippen LogP) is 3.63. The molecule has 3 heterocycles. The van der Waals surface area contributed by atoms with E-state index in [4.69, 9.17) is 26.8 Å². The van der Waals surface area contributed by atoms with Gasteiger partial charge in [0.15, 0.2) is 0 Å². The summed E-state index contributed by atoms with van der Waals surface area (Å²) in [5.74, 6) is 0.302. The van der Waals surface area contributed by atoms with Gasteiger partial charge in [-0.25, -0.2) is 14.8 Å². The molecule has 9 nitrogen and oxygen atoms in total. The summed E-state index contributed by atoms with van der Waals surface area (Å²) in [5.41, 5.74) is 7.51. The first kappa shape index (κ1) is 23.3. The van der Waals surface area contributed by atoms with Crippen LogP contribution in [0.5, 0.6) is 5.88 Å². The van der Waals surface area contributed by atoms with Gasteiger partial charge in [-0.2, -0.15) is 0 Å². The van der Waals surface area contributed by atoms with Crippen LogP contribution in [0.4, 0.5) is 10.5 Å². The molecule has 3 aromatic rings. The minimum Gasteiger partial charge on any atom is -0.476 e. The Morgan fingerprint density at radius 3 is 2.66 bits per heavy atom. The highest BCUT2D eigenvalue weighted by molar-refractivity contribution is 6.30. The third-order valence-electron chi connectivity index (χ3n) is 4.45. The Morgan fingerprint density at radius 2 is 1.97 bits per heavy atom. The van der Waals surface area contributed by atoms with Gasteiger partial charge in [-0.1, -0.05) is 11.6 Å². The molecule has 0 bridgehead atoms. The van der Waals surface area contributed by atoms with Gasteiger partial charge in [-0.05, 0) is 45.4 Å². The van der Waals surface area contributed by atoms with Gasteiger partial charge in [0.2, 0.25) is 5.88 Å². The Kier molecular flexibility index (Phi) is 6.88. The van der Waals surface area contributed by atoms with E-state index in [0.717, 1.165) is 5.56 Å². The summed E-state index contributed by atoms with van der Waals surface area (Å²) in [7, 11) is 1.67. The maximum absolute atomic E-state index is 12.2.